The van der Waals surface area contributed by atoms with Crippen LogP contribution >= 0.6 is 11.6 Å². The van der Waals surface area contributed by atoms with Gasteiger partial charge >= 0.3 is 0 Å². The highest BCUT2D eigenvalue weighted by molar-refractivity contribution is 6.31. The summed E-state index contributed by atoms with van der Waals surface area (Å²) < 4.78 is 5.23. The fraction of sp³-hybridized carbons (Fsp3) is 0.263. The molecular weight excluding hydrogens is 338 g/mol. The Labute approximate surface area is 150 Å². The second kappa shape index (κ2) is 6.76. The van der Waals surface area contributed by atoms with E-state index in [0.29, 0.717) is 17.3 Å². The van der Waals surface area contributed by atoms with Gasteiger partial charge in [0.15, 0.2) is 5.76 Å². The number of hydrogen-bond donors (Lipinski definition) is 0. The van der Waals surface area contributed by atoms with Gasteiger partial charge in [0, 0.05) is 36.6 Å². The summed E-state index contributed by atoms with van der Waals surface area (Å²) in [5.74, 6) is 1.28. The van der Waals surface area contributed by atoms with Crippen LogP contribution in [0.2, 0.25) is 5.02 Å². The Bertz CT molecular complexity index is 895. The Morgan fingerprint density at radius 1 is 1.08 bits per heavy atom. The number of furan rings is 1. The Morgan fingerprint density at radius 3 is 2.84 bits per heavy atom. The molecule has 0 N–H and O–H groups in total. The molecule has 1 aliphatic heterocycles. The number of halogens is 1. The number of fused-ring (bicyclic) bond motifs is 1. The van der Waals surface area contributed by atoms with Gasteiger partial charge in [-0.25, -0.2) is 4.98 Å². The van der Waals surface area contributed by atoms with E-state index in [1.807, 2.05) is 35.2 Å². The number of nitrogens with zero attached hydrogens (tertiary/aromatic N) is 3. The first-order chi connectivity index (χ1) is 12.2. The number of benzene rings is 1. The number of amides is 1. The van der Waals surface area contributed by atoms with Gasteiger partial charge in [-0.1, -0.05) is 11.6 Å². The molecule has 25 heavy (non-hydrogen) atoms. The molecule has 128 valence electrons. The fourth-order valence-electron chi connectivity index (χ4n) is 3.17. The van der Waals surface area contributed by atoms with Gasteiger partial charge in [0.25, 0.3) is 5.91 Å². The SMILES string of the molecule is O=C(c1ccco1)N1CCCN(c2ccc3cc(Cl)ccc3n2)CC1. The van der Waals surface area contributed by atoms with Gasteiger partial charge in [0.1, 0.15) is 5.82 Å². The summed E-state index contributed by atoms with van der Waals surface area (Å²) in [6.45, 7) is 2.99. The number of hydrogen-bond acceptors (Lipinski definition) is 4. The van der Waals surface area contributed by atoms with Gasteiger partial charge < -0.3 is 14.2 Å². The second-order valence-corrected chi connectivity index (χ2v) is 6.55. The maximum Gasteiger partial charge on any atom is 0.289 e. The van der Waals surface area contributed by atoms with Crippen LogP contribution in [-0.2, 0) is 0 Å². The lowest BCUT2D eigenvalue weighted by molar-refractivity contribution is 0.0735. The zero-order valence-electron chi connectivity index (χ0n) is 13.7. The Hall–Kier alpha value is -2.53. The summed E-state index contributed by atoms with van der Waals surface area (Å²) in [4.78, 5) is 21.3. The van der Waals surface area contributed by atoms with Crippen molar-refractivity contribution in [2.75, 3.05) is 31.1 Å². The van der Waals surface area contributed by atoms with Crippen LogP contribution in [0.1, 0.15) is 17.0 Å². The summed E-state index contributed by atoms with van der Waals surface area (Å²) >= 11 is 6.03. The minimum Gasteiger partial charge on any atom is -0.459 e. The van der Waals surface area contributed by atoms with Gasteiger partial charge in [-0.3, -0.25) is 4.79 Å². The van der Waals surface area contributed by atoms with Crippen LogP contribution < -0.4 is 4.90 Å². The third kappa shape index (κ3) is 3.33. The molecule has 3 heterocycles. The standard InChI is InChI=1S/C19H18ClN3O2/c20-15-5-6-16-14(13-15)4-7-18(21-16)22-8-2-9-23(11-10-22)19(24)17-3-1-12-25-17/h1,3-7,12-13H,2,8-11H2. The normalized spacial score (nSPS) is 15.4. The molecule has 0 atom stereocenters. The molecule has 6 heteroatoms. The summed E-state index contributed by atoms with van der Waals surface area (Å²) in [7, 11) is 0. The number of carbonyl (C=O) groups is 1. The highest BCUT2D eigenvalue weighted by atomic mass is 35.5. The molecule has 0 spiro atoms. The van der Waals surface area contributed by atoms with Gasteiger partial charge in [-0.2, -0.15) is 0 Å². The van der Waals surface area contributed by atoms with Crippen molar-refractivity contribution in [3.05, 3.63) is 59.5 Å². The average Bonchev–Trinajstić information content (AvgIpc) is 3.05. The van der Waals surface area contributed by atoms with Crippen molar-refractivity contribution in [1.29, 1.82) is 0 Å². The predicted octanol–water partition coefficient (Wildman–Crippen LogP) is 3.83. The summed E-state index contributed by atoms with van der Waals surface area (Å²) in [5, 5.41) is 1.74. The summed E-state index contributed by atoms with van der Waals surface area (Å²) in [5.41, 5.74) is 0.926. The predicted molar refractivity (Wildman–Crippen MR) is 98.2 cm³/mol. The Kier molecular flexibility index (Phi) is 4.32. The van der Waals surface area contributed by atoms with E-state index < -0.39 is 0 Å². The minimum absolute atomic E-state index is 0.0482. The first-order valence-electron chi connectivity index (χ1n) is 8.35. The molecule has 1 fully saturated rings. The van der Waals surface area contributed by atoms with E-state index in [-0.39, 0.29) is 5.91 Å². The highest BCUT2D eigenvalue weighted by Crippen LogP contribution is 2.22. The van der Waals surface area contributed by atoms with Gasteiger partial charge in [0.05, 0.1) is 11.8 Å². The van der Waals surface area contributed by atoms with E-state index in [9.17, 15) is 4.79 Å². The molecular formula is C19H18ClN3O2. The van der Waals surface area contributed by atoms with E-state index >= 15 is 0 Å². The van der Waals surface area contributed by atoms with Crippen molar-refractivity contribution < 1.29 is 9.21 Å². The van der Waals surface area contributed by atoms with Crippen molar-refractivity contribution in [1.82, 2.24) is 9.88 Å². The lowest BCUT2D eigenvalue weighted by Crippen LogP contribution is -2.35. The van der Waals surface area contributed by atoms with E-state index in [2.05, 4.69) is 4.90 Å². The van der Waals surface area contributed by atoms with E-state index in [1.54, 1.807) is 12.1 Å². The number of pyridine rings is 1. The van der Waals surface area contributed by atoms with E-state index in [4.69, 9.17) is 21.0 Å². The van der Waals surface area contributed by atoms with Gasteiger partial charge in [-0.15, -0.1) is 0 Å². The molecule has 4 rings (SSSR count). The Morgan fingerprint density at radius 2 is 2.00 bits per heavy atom. The molecule has 0 aliphatic carbocycles. The topological polar surface area (TPSA) is 49.6 Å². The van der Waals surface area contributed by atoms with Crippen molar-refractivity contribution in [2.24, 2.45) is 0 Å². The van der Waals surface area contributed by atoms with Gasteiger partial charge in [-0.05, 0) is 48.9 Å². The molecule has 1 saturated heterocycles. The quantitative estimate of drug-likeness (QED) is 0.701. The number of aromatic nitrogens is 1. The van der Waals surface area contributed by atoms with Crippen molar-refractivity contribution in [3.8, 4) is 0 Å². The third-order valence-electron chi connectivity index (χ3n) is 4.48. The fourth-order valence-corrected chi connectivity index (χ4v) is 3.35. The smallest absolute Gasteiger partial charge is 0.289 e. The maximum absolute atomic E-state index is 12.4. The number of rotatable bonds is 2. The largest absolute Gasteiger partial charge is 0.459 e. The first-order valence-corrected chi connectivity index (χ1v) is 8.72. The zero-order valence-corrected chi connectivity index (χ0v) is 14.4. The number of anilines is 1. The van der Waals surface area contributed by atoms with Crippen LogP contribution in [0.4, 0.5) is 5.82 Å². The van der Waals surface area contributed by atoms with Crippen LogP contribution in [0.25, 0.3) is 10.9 Å². The molecule has 0 radical (unpaired) electrons. The third-order valence-corrected chi connectivity index (χ3v) is 4.71. The van der Waals surface area contributed by atoms with Crippen molar-refractivity contribution in [2.45, 2.75) is 6.42 Å². The van der Waals surface area contributed by atoms with E-state index in [0.717, 1.165) is 42.8 Å². The van der Waals surface area contributed by atoms with Crippen LogP contribution in [0.3, 0.4) is 0 Å². The summed E-state index contributed by atoms with van der Waals surface area (Å²) in [6.07, 6.45) is 2.43. The van der Waals surface area contributed by atoms with Crippen molar-refractivity contribution >= 4 is 34.2 Å². The van der Waals surface area contributed by atoms with Crippen molar-refractivity contribution in [3.63, 3.8) is 0 Å². The highest BCUT2D eigenvalue weighted by Gasteiger charge is 2.22. The molecule has 0 saturated carbocycles. The summed E-state index contributed by atoms with van der Waals surface area (Å²) in [6, 6.07) is 13.2. The lowest BCUT2D eigenvalue weighted by atomic mass is 10.2. The average molecular weight is 356 g/mol. The monoisotopic (exact) mass is 355 g/mol. The van der Waals surface area contributed by atoms with Crippen LogP contribution in [0, 0.1) is 0 Å². The molecule has 1 aromatic carbocycles. The molecule has 1 aliphatic rings. The van der Waals surface area contributed by atoms with Crippen LogP contribution in [0.5, 0.6) is 0 Å². The zero-order chi connectivity index (χ0) is 17.2. The first kappa shape index (κ1) is 16.0. The Balaban J connectivity index is 1.51. The maximum atomic E-state index is 12.4. The van der Waals surface area contributed by atoms with E-state index in [1.165, 1.54) is 6.26 Å². The molecule has 5 nitrogen and oxygen atoms in total. The van der Waals surface area contributed by atoms with Gasteiger partial charge in [0.2, 0.25) is 0 Å². The molecule has 1 amide bonds. The molecule has 0 bridgehead atoms. The van der Waals surface area contributed by atoms with Crippen LogP contribution in [0.15, 0.2) is 53.1 Å². The van der Waals surface area contributed by atoms with Crippen LogP contribution in [-0.4, -0.2) is 42.0 Å². The molecule has 2 aromatic heterocycles. The lowest BCUT2D eigenvalue weighted by Gasteiger charge is -2.22. The minimum atomic E-state index is -0.0482. The molecule has 3 aromatic rings. The number of carbonyl (C=O) groups excluding carboxylic acids is 1. The second-order valence-electron chi connectivity index (χ2n) is 6.12. The molecule has 0 unspecified atom stereocenters.